The zero-order valence-corrected chi connectivity index (χ0v) is 6.87. The molecule has 12 heavy (non-hydrogen) atoms. The average molecular weight is 165 g/mol. The Morgan fingerprint density at radius 3 is 3.08 bits per heavy atom. The Balaban J connectivity index is 2.57. The van der Waals surface area contributed by atoms with E-state index in [-0.39, 0.29) is 6.54 Å². The van der Waals surface area contributed by atoms with E-state index >= 15 is 0 Å². The van der Waals surface area contributed by atoms with Crippen LogP contribution >= 0.6 is 0 Å². The van der Waals surface area contributed by atoms with E-state index in [1.165, 1.54) is 0 Å². The summed E-state index contributed by atoms with van der Waals surface area (Å²) in [6.45, 7) is 2.08. The van der Waals surface area contributed by atoms with Gasteiger partial charge >= 0.3 is 0 Å². The van der Waals surface area contributed by atoms with Crippen molar-refractivity contribution in [1.29, 1.82) is 0 Å². The molecule has 0 saturated heterocycles. The van der Waals surface area contributed by atoms with Gasteiger partial charge in [-0.3, -0.25) is 4.79 Å². The fourth-order valence-electron chi connectivity index (χ4n) is 0.811. The lowest BCUT2D eigenvalue weighted by molar-refractivity contribution is -0.116. The number of carbonyl (C=O) groups excluding carboxylic acids is 1. The van der Waals surface area contributed by atoms with Crippen molar-refractivity contribution in [3.63, 3.8) is 0 Å². The number of amides is 1. The second kappa shape index (κ2) is 3.71. The first-order valence-corrected chi connectivity index (χ1v) is 3.63. The summed E-state index contributed by atoms with van der Waals surface area (Å²) in [5.74, 6) is 0.284. The summed E-state index contributed by atoms with van der Waals surface area (Å²) >= 11 is 0. The van der Waals surface area contributed by atoms with E-state index in [9.17, 15) is 4.79 Å². The molecule has 64 valence electrons. The molecule has 0 aliphatic rings. The first-order valence-electron chi connectivity index (χ1n) is 3.63. The van der Waals surface area contributed by atoms with Gasteiger partial charge in [0.2, 0.25) is 5.91 Å². The molecule has 0 bridgehead atoms. The number of hydrogen-bond donors (Lipinski definition) is 2. The lowest BCUT2D eigenvalue weighted by atomic mass is 10.3. The first-order chi connectivity index (χ1) is 5.68. The first kappa shape index (κ1) is 8.52. The van der Waals surface area contributed by atoms with Gasteiger partial charge < -0.3 is 11.1 Å². The second-order valence-electron chi connectivity index (χ2n) is 2.54. The van der Waals surface area contributed by atoms with E-state index in [2.05, 4.69) is 10.3 Å². The predicted molar refractivity (Wildman–Crippen MR) is 46.7 cm³/mol. The van der Waals surface area contributed by atoms with Gasteiger partial charge in [0.15, 0.2) is 0 Å². The molecular weight excluding hydrogens is 154 g/mol. The van der Waals surface area contributed by atoms with Crippen LogP contribution < -0.4 is 11.1 Å². The van der Waals surface area contributed by atoms with E-state index in [4.69, 9.17) is 5.73 Å². The number of nitrogens with one attached hydrogen (secondary N) is 1. The summed E-state index contributed by atoms with van der Waals surface area (Å²) < 4.78 is 0. The number of aryl methyl sites for hydroxylation is 1. The van der Waals surface area contributed by atoms with Crippen molar-refractivity contribution in [2.45, 2.75) is 6.92 Å². The third-order valence-electron chi connectivity index (χ3n) is 1.36. The van der Waals surface area contributed by atoms with Gasteiger partial charge in [-0.05, 0) is 24.6 Å². The van der Waals surface area contributed by atoms with Crippen LogP contribution in [0.25, 0.3) is 0 Å². The molecule has 0 aromatic carbocycles. The summed E-state index contributed by atoms with van der Waals surface area (Å²) in [7, 11) is 0. The van der Waals surface area contributed by atoms with Crippen LogP contribution in [0.4, 0.5) is 5.82 Å². The van der Waals surface area contributed by atoms with Crippen LogP contribution in [0.5, 0.6) is 0 Å². The summed E-state index contributed by atoms with van der Waals surface area (Å²) in [5, 5.41) is 2.80. The minimum absolute atomic E-state index is 0.121. The zero-order chi connectivity index (χ0) is 8.97. The number of aromatic nitrogens is 1. The van der Waals surface area contributed by atoms with E-state index in [0.717, 1.165) is 5.56 Å². The quantitative estimate of drug-likeness (QED) is 0.676. The minimum atomic E-state index is -0.390. The van der Waals surface area contributed by atoms with Crippen LogP contribution in [0.15, 0.2) is 18.3 Å². The molecule has 0 aliphatic heterocycles. The van der Waals surface area contributed by atoms with Gasteiger partial charge in [0.1, 0.15) is 5.82 Å². The maximum atomic E-state index is 10.4. The SMILES string of the molecule is Cc1ccnc(NCC(N)=O)c1. The number of nitrogens with zero attached hydrogens (tertiary/aromatic N) is 1. The van der Waals surface area contributed by atoms with E-state index in [1.807, 2.05) is 19.1 Å². The summed E-state index contributed by atoms with van der Waals surface area (Å²) in [6, 6.07) is 3.73. The van der Waals surface area contributed by atoms with E-state index < -0.39 is 5.91 Å². The Morgan fingerprint density at radius 2 is 2.50 bits per heavy atom. The highest BCUT2D eigenvalue weighted by Crippen LogP contribution is 2.03. The standard InChI is InChI=1S/C8H11N3O/c1-6-2-3-10-8(4-6)11-5-7(9)12/h2-4H,5H2,1H3,(H2,9,12)(H,10,11). The molecule has 1 heterocycles. The molecule has 0 atom stereocenters. The maximum Gasteiger partial charge on any atom is 0.236 e. The average Bonchev–Trinajstić information content (AvgIpc) is 2.01. The largest absolute Gasteiger partial charge is 0.368 e. The molecule has 0 unspecified atom stereocenters. The lowest BCUT2D eigenvalue weighted by Crippen LogP contribution is -2.22. The van der Waals surface area contributed by atoms with Crippen molar-refractivity contribution >= 4 is 11.7 Å². The lowest BCUT2D eigenvalue weighted by Gasteiger charge is -2.02. The highest BCUT2D eigenvalue weighted by Gasteiger charge is 1.95. The number of anilines is 1. The molecule has 3 N–H and O–H groups in total. The fourth-order valence-corrected chi connectivity index (χ4v) is 0.811. The van der Waals surface area contributed by atoms with Gasteiger partial charge in [0, 0.05) is 6.20 Å². The molecule has 1 amide bonds. The molecule has 1 rings (SSSR count). The molecule has 0 saturated carbocycles. The third-order valence-corrected chi connectivity index (χ3v) is 1.36. The highest BCUT2D eigenvalue weighted by atomic mass is 16.1. The Kier molecular flexibility index (Phi) is 2.63. The van der Waals surface area contributed by atoms with E-state index in [0.29, 0.717) is 5.82 Å². The van der Waals surface area contributed by atoms with Crippen molar-refractivity contribution in [3.05, 3.63) is 23.9 Å². The summed E-state index contributed by atoms with van der Waals surface area (Å²) in [4.78, 5) is 14.4. The zero-order valence-electron chi connectivity index (χ0n) is 6.87. The smallest absolute Gasteiger partial charge is 0.236 e. The van der Waals surface area contributed by atoms with Crippen LogP contribution in [-0.2, 0) is 4.79 Å². The van der Waals surface area contributed by atoms with Gasteiger partial charge in [-0.15, -0.1) is 0 Å². The Labute approximate surface area is 70.8 Å². The topological polar surface area (TPSA) is 68.0 Å². The molecule has 0 aliphatic carbocycles. The molecule has 4 nitrogen and oxygen atoms in total. The van der Waals surface area contributed by atoms with Crippen LogP contribution in [0.3, 0.4) is 0 Å². The van der Waals surface area contributed by atoms with Crippen LogP contribution in [0, 0.1) is 6.92 Å². The summed E-state index contributed by atoms with van der Waals surface area (Å²) in [5.41, 5.74) is 6.04. The van der Waals surface area contributed by atoms with Gasteiger partial charge in [-0.25, -0.2) is 4.98 Å². The van der Waals surface area contributed by atoms with Crippen molar-refractivity contribution in [2.24, 2.45) is 5.73 Å². The van der Waals surface area contributed by atoms with E-state index in [1.54, 1.807) is 6.20 Å². The number of nitrogens with two attached hydrogens (primary N) is 1. The Bertz CT molecular complexity index is 285. The van der Waals surface area contributed by atoms with Crippen molar-refractivity contribution < 1.29 is 4.79 Å². The Morgan fingerprint density at radius 1 is 1.75 bits per heavy atom. The predicted octanol–water partition coefficient (Wildman–Crippen LogP) is 0.287. The number of pyridine rings is 1. The normalized spacial score (nSPS) is 9.42. The second-order valence-corrected chi connectivity index (χ2v) is 2.54. The van der Waals surface area contributed by atoms with Gasteiger partial charge in [0.05, 0.1) is 6.54 Å². The molecular formula is C8H11N3O. The molecule has 0 radical (unpaired) electrons. The van der Waals surface area contributed by atoms with Crippen LogP contribution in [-0.4, -0.2) is 17.4 Å². The maximum absolute atomic E-state index is 10.4. The Hall–Kier alpha value is -1.58. The van der Waals surface area contributed by atoms with Gasteiger partial charge in [0.25, 0.3) is 0 Å². The number of hydrogen-bond acceptors (Lipinski definition) is 3. The number of primary amides is 1. The fraction of sp³-hybridized carbons (Fsp3) is 0.250. The molecule has 1 aromatic rings. The monoisotopic (exact) mass is 165 g/mol. The highest BCUT2D eigenvalue weighted by molar-refractivity contribution is 5.78. The molecule has 1 aromatic heterocycles. The van der Waals surface area contributed by atoms with Crippen LogP contribution in [0.2, 0.25) is 0 Å². The third kappa shape index (κ3) is 2.57. The van der Waals surface area contributed by atoms with Crippen molar-refractivity contribution in [2.75, 3.05) is 11.9 Å². The number of rotatable bonds is 3. The molecule has 0 fully saturated rings. The minimum Gasteiger partial charge on any atom is -0.368 e. The van der Waals surface area contributed by atoms with Crippen LogP contribution in [0.1, 0.15) is 5.56 Å². The summed E-state index contributed by atoms with van der Waals surface area (Å²) in [6.07, 6.45) is 1.68. The molecule has 4 heteroatoms. The van der Waals surface area contributed by atoms with Crippen molar-refractivity contribution in [3.8, 4) is 0 Å². The number of carbonyl (C=O) groups is 1. The molecule has 0 spiro atoms. The van der Waals surface area contributed by atoms with Gasteiger partial charge in [-0.1, -0.05) is 0 Å². The van der Waals surface area contributed by atoms with Crippen molar-refractivity contribution in [1.82, 2.24) is 4.98 Å². The van der Waals surface area contributed by atoms with Gasteiger partial charge in [-0.2, -0.15) is 0 Å².